The largest absolute Gasteiger partial charge is 0.460 e. The van der Waals surface area contributed by atoms with Gasteiger partial charge in [-0.25, -0.2) is 9.48 Å². The van der Waals surface area contributed by atoms with Gasteiger partial charge in [0.2, 0.25) is 0 Å². The number of aryl methyl sites for hydroxylation is 1. The van der Waals surface area contributed by atoms with Gasteiger partial charge in [0, 0.05) is 49.1 Å². The van der Waals surface area contributed by atoms with E-state index in [0.29, 0.717) is 29.1 Å². The Morgan fingerprint density at radius 1 is 1.06 bits per heavy atom. The minimum atomic E-state index is -0.489. The maximum absolute atomic E-state index is 13.1. The average Bonchev–Trinajstić information content (AvgIpc) is 3.44. The second kappa shape index (κ2) is 10.8. The van der Waals surface area contributed by atoms with E-state index in [9.17, 15) is 9.59 Å². The third-order valence-corrected chi connectivity index (χ3v) is 5.59. The third-order valence-electron chi connectivity index (χ3n) is 5.59. The van der Waals surface area contributed by atoms with Gasteiger partial charge in [-0.15, -0.1) is 0 Å². The number of amides is 1. The van der Waals surface area contributed by atoms with Crippen LogP contribution in [0.15, 0.2) is 61.1 Å². The van der Waals surface area contributed by atoms with Crippen LogP contribution in [-0.2, 0) is 16.0 Å². The number of hydrogen-bond donors (Lipinski definition) is 2. The zero-order valence-electron chi connectivity index (χ0n) is 19.9. The minimum absolute atomic E-state index is 0.143. The van der Waals surface area contributed by atoms with Gasteiger partial charge in [0.25, 0.3) is 5.91 Å². The van der Waals surface area contributed by atoms with E-state index in [4.69, 9.17) is 14.6 Å². The van der Waals surface area contributed by atoms with Crippen molar-refractivity contribution >= 4 is 11.9 Å². The van der Waals surface area contributed by atoms with Gasteiger partial charge in [0.1, 0.15) is 12.3 Å². The number of esters is 1. The Labute approximate surface area is 203 Å². The molecule has 4 rings (SSSR count). The van der Waals surface area contributed by atoms with E-state index in [1.54, 1.807) is 30.9 Å². The average molecular weight is 474 g/mol. The summed E-state index contributed by atoms with van der Waals surface area (Å²) in [5.41, 5.74) is 5.19. The lowest BCUT2D eigenvalue weighted by Gasteiger charge is -2.06. The Hall–Kier alpha value is -4.24. The molecule has 4 aromatic rings. The van der Waals surface area contributed by atoms with Crippen molar-refractivity contribution in [3.05, 3.63) is 89.1 Å². The zero-order chi connectivity index (χ0) is 24.8. The SMILES string of the molecule is COCCOC(=O)c1c(C)[nH]c(C(=O)NCc2cn(-c3ccccc3)nc2-c2ccncc2)c1C. The highest BCUT2D eigenvalue weighted by molar-refractivity contribution is 6.00. The molecule has 0 radical (unpaired) electrons. The maximum atomic E-state index is 13.1. The number of carbonyl (C=O) groups excluding carboxylic acids is 2. The Balaban J connectivity index is 1.56. The predicted octanol–water partition coefficient (Wildman–Crippen LogP) is 3.61. The highest BCUT2D eigenvalue weighted by Crippen LogP contribution is 2.24. The summed E-state index contributed by atoms with van der Waals surface area (Å²) in [4.78, 5) is 32.6. The quantitative estimate of drug-likeness (QED) is 0.284. The summed E-state index contributed by atoms with van der Waals surface area (Å²) < 4.78 is 11.9. The highest BCUT2D eigenvalue weighted by atomic mass is 16.6. The molecule has 0 aliphatic rings. The third kappa shape index (κ3) is 5.30. The summed E-state index contributed by atoms with van der Waals surface area (Å²) in [5, 5.41) is 7.71. The smallest absolute Gasteiger partial charge is 0.340 e. The molecule has 9 heteroatoms. The van der Waals surface area contributed by atoms with Crippen LogP contribution in [0.4, 0.5) is 0 Å². The molecular weight excluding hydrogens is 446 g/mol. The number of hydrogen-bond acceptors (Lipinski definition) is 6. The van der Waals surface area contributed by atoms with Crippen molar-refractivity contribution in [2.75, 3.05) is 20.3 Å². The van der Waals surface area contributed by atoms with Crippen molar-refractivity contribution in [1.29, 1.82) is 0 Å². The standard InChI is InChI=1S/C26H27N5O4/c1-17-22(26(33)35-14-13-34-3)18(2)29-23(17)25(32)28-15-20-16-31(21-7-5-4-6-8-21)30-24(20)19-9-11-27-12-10-19/h4-12,16,29H,13-15H2,1-3H3,(H,28,32). The molecule has 0 saturated carbocycles. The van der Waals surface area contributed by atoms with Crippen LogP contribution >= 0.6 is 0 Å². The number of H-pyrrole nitrogens is 1. The fourth-order valence-corrected chi connectivity index (χ4v) is 3.84. The molecule has 2 N–H and O–H groups in total. The van der Waals surface area contributed by atoms with E-state index >= 15 is 0 Å². The number of ether oxygens (including phenoxy) is 2. The summed E-state index contributed by atoms with van der Waals surface area (Å²) in [6.45, 7) is 4.15. The van der Waals surface area contributed by atoms with Gasteiger partial charge < -0.3 is 19.8 Å². The van der Waals surface area contributed by atoms with Crippen molar-refractivity contribution in [2.24, 2.45) is 0 Å². The molecule has 3 heterocycles. The molecule has 35 heavy (non-hydrogen) atoms. The minimum Gasteiger partial charge on any atom is -0.460 e. The number of methoxy groups -OCH3 is 1. The maximum Gasteiger partial charge on any atom is 0.340 e. The zero-order valence-corrected chi connectivity index (χ0v) is 19.9. The summed E-state index contributed by atoms with van der Waals surface area (Å²) in [6, 6.07) is 13.5. The molecule has 180 valence electrons. The van der Waals surface area contributed by atoms with E-state index in [0.717, 1.165) is 22.5 Å². The molecule has 0 fully saturated rings. The molecule has 3 aromatic heterocycles. The van der Waals surface area contributed by atoms with Gasteiger partial charge in [-0.05, 0) is 43.7 Å². The summed E-state index contributed by atoms with van der Waals surface area (Å²) in [7, 11) is 1.53. The first-order valence-electron chi connectivity index (χ1n) is 11.2. The molecule has 1 aromatic carbocycles. The topological polar surface area (TPSA) is 111 Å². The van der Waals surface area contributed by atoms with Crippen LogP contribution in [-0.4, -0.2) is 51.9 Å². The van der Waals surface area contributed by atoms with Crippen LogP contribution in [0.25, 0.3) is 16.9 Å². The normalized spacial score (nSPS) is 10.8. The molecule has 1 amide bonds. The van der Waals surface area contributed by atoms with Crippen molar-refractivity contribution in [1.82, 2.24) is 25.1 Å². The second-order valence-electron chi connectivity index (χ2n) is 7.96. The molecule has 0 spiro atoms. The van der Waals surface area contributed by atoms with Crippen LogP contribution in [0.3, 0.4) is 0 Å². The van der Waals surface area contributed by atoms with Crippen LogP contribution < -0.4 is 5.32 Å². The molecule has 0 aliphatic heterocycles. The number of rotatable bonds is 9. The Morgan fingerprint density at radius 3 is 2.51 bits per heavy atom. The van der Waals surface area contributed by atoms with Crippen LogP contribution in [0.2, 0.25) is 0 Å². The molecule has 0 bridgehead atoms. The van der Waals surface area contributed by atoms with E-state index in [-0.39, 0.29) is 19.1 Å². The first-order chi connectivity index (χ1) is 17.0. The van der Waals surface area contributed by atoms with Gasteiger partial charge in [-0.1, -0.05) is 18.2 Å². The van der Waals surface area contributed by atoms with Crippen LogP contribution in [0.5, 0.6) is 0 Å². The number of nitrogens with one attached hydrogen (secondary N) is 2. The lowest BCUT2D eigenvalue weighted by molar-refractivity contribution is 0.0387. The predicted molar refractivity (Wildman–Crippen MR) is 130 cm³/mol. The number of aromatic amines is 1. The van der Waals surface area contributed by atoms with E-state index in [1.165, 1.54) is 7.11 Å². The lowest BCUT2D eigenvalue weighted by atomic mass is 10.1. The van der Waals surface area contributed by atoms with E-state index < -0.39 is 5.97 Å². The molecule has 9 nitrogen and oxygen atoms in total. The molecule has 0 aliphatic carbocycles. The number of carbonyl (C=O) groups is 2. The van der Waals surface area contributed by atoms with Gasteiger partial charge in [0.15, 0.2) is 0 Å². The van der Waals surface area contributed by atoms with Gasteiger partial charge >= 0.3 is 5.97 Å². The Morgan fingerprint density at radius 2 is 1.80 bits per heavy atom. The monoisotopic (exact) mass is 473 g/mol. The van der Waals surface area contributed by atoms with Crippen molar-refractivity contribution in [3.8, 4) is 16.9 Å². The van der Waals surface area contributed by atoms with Crippen molar-refractivity contribution < 1.29 is 19.1 Å². The first-order valence-corrected chi connectivity index (χ1v) is 11.2. The fourth-order valence-electron chi connectivity index (χ4n) is 3.84. The molecule has 0 saturated heterocycles. The van der Waals surface area contributed by atoms with Gasteiger partial charge in [-0.2, -0.15) is 5.10 Å². The molecule has 0 unspecified atom stereocenters. The van der Waals surface area contributed by atoms with E-state index in [1.807, 2.05) is 48.7 Å². The number of aromatic nitrogens is 4. The highest BCUT2D eigenvalue weighted by Gasteiger charge is 2.23. The van der Waals surface area contributed by atoms with E-state index in [2.05, 4.69) is 15.3 Å². The molecular formula is C26H27N5O4. The number of para-hydroxylation sites is 1. The Bertz CT molecular complexity index is 1310. The first kappa shape index (κ1) is 23.9. The molecule has 0 atom stereocenters. The number of nitrogens with zero attached hydrogens (tertiary/aromatic N) is 3. The summed E-state index contributed by atoms with van der Waals surface area (Å²) in [5.74, 6) is -0.814. The van der Waals surface area contributed by atoms with Crippen molar-refractivity contribution in [3.63, 3.8) is 0 Å². The fraction of sp³-hybridized carbons (Fsp3) is 0.231. The van der Waals surface area contributed by atoms with Crippen LogP contribution in [0.1, 0.15) is 37.7 Å². The second-order valence-corrected chi connectivity index (χ2v) is 7.96. The Kier molecular flexibility index (Phi) is 7.37. The lowest BCUT2D eigenvalue weighted by Crippen LogP contribution is -2.24. The van der Waals surface area contributed by atoms with Crippen LogP contribution in [0, 0.1) is 13.8 Å². The number of pyridine rings is 1. The number of benzene rings is 1. The van der Waals surface area contributed by atoms with Crippen molar-refractivity contribution in [2.45, 2.75) is 20.4 Å². The summed E-state index contributed by atoms with van der Waals surface area (Å²) in [6.07, 6.45) is 5.31. The summed E-state index contributed by atoms with van der Waals surface area (Å²) >= 11 is 0. The van der Waals surface area contributed by atoms with Gasteiger partial charge in [-0.3, -0.25) is 9.78 Å². The van der Waals surface area contributed by atoms with Gasteiger partial charge in [0.05, 0.1) is 23.6 Å².